The smallest absolute Gasteiger partial charge is 0.220 e. The summed E-state index contributed by atoms with van der Waals surface area (Å²) in [6, 6.07) is 0.381. The molecule has 52 valence electrons. The molecule has 0 aliphatic carbocycles. The van der Waals surface area contributed by atoms with E-state index < -0.39 is 0 Å². The van der Waals surface area contributed by atoms with E-state index >= 15 is 0 Å². The van der Waals surface area contributed by atoms with E-state index in [0.717, 1.165) is 6.42 Å². The Bertz CT molecular complexity index is 122. The Morgan fingerprint density at radius 1 is 1.56 bits per heavy atom. The largest absolute Gasteiger partial charge is 0.353 e. The minimum Gasteiger partial charge on any atom is -0.353 e. The summed E-state index contributed by atoms with van der Waals surface area (Å²) in [6.45, 7) is 4.23. The van der Waals surface area contributed by atoms with E-state index in [1.807, 2.05) is 0 Å². The molecule has 1 rings (SSSR count). The molecule has 0 aromatic rings. The quantitative estimate of drug-likeness (QED) is 0.515. The van der Waals surface area contributed by atoms with Gasteiger partial charge in [0.25, 0.3) is 0 Å². The van der Waals surface area contributed by atoms with Gasteiger partial charge in [0.2, 0.25) is 5.91 Å². The lowest BCUT2D eigenvalue weighted by atomic mass is 9.94. The van der Waals surface area contributed by atoms with E-state index in [4.69, 9.17) is 0 Å². The van der Waals surface area contributed by atoms with Crippen molar-refractivity contribution in [3.05, 3.63) is 0 Å². The summed E-state index contributed by atoms with van der Waals surface area (Å²) in [7, 11) is 0. The lowest BCUT2D eigenvalue weighted by Gasteiger charge is -2.25. The minimum absolute atomic E-state index is 0.209. The molecule has 2 nitrogen and oxygen atoms in total. The highest BCUT2D eigenvalue weighted by Crippen LogP contribution is 2.14. The third-order valence-electron chi connectivity index (χ3n) is 2.07. The average Bonchev–Trinajstić information content (AvgIpc) is 1.80. The molecule has 1 N–H and O–H groups in total. The van der Waals surface area contributed by atoms with Gasteiger partial charge in [-0.15, -0.1) is 0 Å². The van der Waals surface area contributed by atoms with Crippen molar-refractivity contribution < 1.29 is 4.79 Å². The Morgan fingerprint density at radius 3 is 2.67 bits per heavy atom. The predicted octanol–water partition coefficient (Wildman–Crippen LogP) is 0.921. The van der Waals surface area contributed by atoms with Crippen LogP contribution in [-0.2, 0) is 4.79 Å². The summed E-state index contributed by atoms with van der Waals surface area (Å²) in [4.78, 5) is 10.7. The molecule has 1 fully saturated rings. The second kappa shape index (κ2) is 2.38. The summed E-state index contributed by atoms with van der Waals surface area (Å²) in [5.41, 5.74) is 0. The van der Waals surface area contributed by atoms with Gasteiger partial charge in [-0.2, -0.15) is 0 Å². The van der Waals surface area contributed by atoms with E-state index in [1.165, 1.54) is 0 Å². The molecule has 0 aromatic carbocycles. The van der Waals surface area contributed by atoms with Crippen LogP contribution in [0.4, 0.5) is 0 Å². The second-order valence-corrected chi connectivity index (χ2v) is 2.87. The number of hydrogen-bond donors (Lipinski definition) is 1. The van der Waals surface area contributed by atoms with Gasteiger partial charge in [0.15, 0.2) is 0 Å². The number of carbonyl (C=O) groups excluding carboxylic acids is 1. The Morgan fingerprint density at radius 2 is 2.22 bits per heavy atom. The maximum atomic E-state index is 10.7. The van der Waals surface area contributed by atoms with Crippen molar-refractivity contribution in [2.75, 3.05) is 0 Å². The van der Waals surface area contributed by atoms with Crippen LogP contribution in [0.3, 0.4) is 0 Å². The lowest BCUT2D eigenvalue weighted by molar-refractivity contribution is -0.124. The molecule has 0 spiro atoms. The fraction of sp³-hybridized carbons (Fsp3) is 0.857. The molecule has 0 radical (unpaired) electrons. The number of amides is 1. The van der Waals surface area contributed by atoms with Crippen molar-refractivity contribution in [2.24, 2.45) is 5.92 Å². The van der Waals surface area contributed by atoms with Gasteiger partial charge in [0.1, 0.15) is 0 Å². The molecule has 0 bridgehead atoms. The van der Waals surface area contributed by atoms with Crippen molar-refractivity contribution in [1.82, 2.24) is 5.32 Å². The molecule has 1 heterocycles. The predicted molar refractivity (Wildman–Crippen MR) is 36.0 cm³/mol. The molecule has 1 saturated heterocycles. The van der Waals surface area contributed by atoms with Crippen LogP contribution in [0.2, 0.25) is 0 Å². The Labute approximate surface area is 55.6 Å². The number of rotatable bonds is 0. The van der Waals surface area contributed by atoms with Gasteiger partial charge in [0, 0.05) is 12.5 Å². The standard InChI is InChI=1S/C7H13NO/c1-5-3-4-7(9)8-6(5)2/h5-6H,3-4H2,1-2H3,(H,8,9). The zero-order chi connectivity index (χ0) is 6.85. The third-order valence-corrected chi connectivity index (χ3v) is 2.07. The second-order valence-electron chi connectivity index (χ2n) is 2.87. The van der Waals surface area contributed by atoms with Gasteiger partial charge in [-0.05, 0) is 19.3 Å². The van der Waals surface area contributed by atoms with Gasteiger partial charge < -0.3 is 5.32 Å². The first kappa shape index (κ1) is 6.59. The van der Waals surface area contributed by atoms with Crippen LogP contribution in [0.5, 0.6) is 0 Å². The zero-order valence-electron chi connectivity index (χ0n) is 5.98. The monoisotopic (exact) mass is 127 g/mol. The SMILES string of the molecule is CC1CCC(=O)NC1C. The Kier molecular flexibility index (Phi) is 1.74. The third kappa shape index (κ3) is 1.44. The molecule has 9 heavy (non-hydrogen) atoms. The van der Waals surface area contributed by atoms with Gasteiger partial charge in [-0.25, -0.2) is 0 Å². The van der Waals surface area contributed by atoms with Crippen molar-refractivity contribution in [3.63, 3.8) is 0 Å². The van der Waals surface area contributed by atoms with E-state index in [-0.39, 0.29) is 5.91 Å². The molecule has 0 saturated carbocycles. The fourth-order valence-corrected chi connectivity index (χ4v) is 1.08. The molecular formula is C7H13NO. The zero-order valence-corrected chi connectivity index (χ0v) is 5.98. The first-order valence-corrected chi connectivity index (χ1v) is 3.49. The van der Waals surface area contributed by atoms with E-state index in [0.29, 0.717) is 18.4 Å². The number of hydrogen-bond acceptors (Lipinski definition) is 1. The summed E-state index contributed by atoms with van der Waals surface area (Å²) in [6.07, 6.45) is 1.76. The van der Waals surface area contributed by atoms with Crippen molar-refractivity contribution in [2.45, 2.75) is 32.7 Å². The van der Waals surface area contributed by atoms with E-state index in [1.54, 1.807) is 0 Å². The molecular weight excluding hydrogens is 114 g/mol. The highest BCUT2D eigenvalue weighted by atomic mass is 16.1. The average molecular weight is 127 g/mol. The van der Waals surface area contributed by atoms with Crippen LogP contribution < -0.4 is 5.32 Å². The van der Waals surface area contributed by atoms with Crippen LogP contribution >= 0.6 is 0 Å². The van der Waals surface area contributed by atoms with E-state index in [2.05, 4.69) is 19.2 Å². The van der Waals surface area contributed by atoms with Crippen molar-refractivity contribution in [3.8, 4) is 0 Å². The fourth-order valence-electron chi connectivity index (χ4n) is 1.08. The molecule has 0 aromatic heterocycles. The van der Waals surface area contributed by atoms with Gasteiger partial charge in [0.05, 0.1) is 0 Å². The first-order chi connectivity index (χ1) is 4.20. The molecule has 2 heteroatoms. The molecule has 2 unspecified atom stereocenters. The maximum Gasteiger partial charge on any atom is 0.220 e. The summed E-state index contributed by atoms with van der Waals surface area (Å²) >= 11 is 0. The van der Waals surface area contributed by atoms with Crippen molar-refractivity contribution >= 4 is 5.91 Å². The molecule has 1 amide bonds. The minimum atomic E-state index is 0.209. The molecule has 2 atom stereocenters. The van der Waals surface area contributed by atoms with Crippen molar-refractivity contribution in [1.29, 1.82) is 0 Å². The first-order valence-electron chi connectivity index (χ1n) is 3.49. The molecule has 1 aliphatic rings. The van der Waals surface area contributed by atoms with Crippen LogP contribution in [0, 0.1) is 5.92 Å². The lowest BCUT2D eigenvalue weighted by Crippen LogP contribution is -2.41. The number of carbonyl (C=O) groups is 1. The maximum absolute atomic E-state index is 10.7. The summed E-state index contributed by atoms with van der Waals surface area (Å²) < 4.78 is 0. The Hall–Kier alpha value is -0.530. The topological polar surface area (TPSA) is 29.1 Å². The van der Waals surface area contributed by atoms with Crippen LogP contribution in [0.1, 0.15) is 26.7 Å². The van der Waals surface area contributed by atoms with Gasteiger partial charge in [-0.3, -0.25) is 4.79 Å². The summed E-state index contributed by atoms with van der Waals surface area (Å²) in [5, 5.41) is 2.89. The molecule has 1 aliphatic heterocycles. The van der Waals surface area contributed by atoms with Crippen LogP contribution in [0.15, 0.2) is 0 Å². The normalized spacial score (nSPS) is 36.0. The highest BCUT2D eigenvalue weighted by molar-refractivity contribution is 5.76. The summed E-state index contributed by atoms with van der Waals surface area (Å²) in [5.74, 6) is 0.864. The Balaban J connectivity index is 2.44. The highest BCUT2D eigenvalue weighted by Gasteiger charge is 2.20. The van der Waals surface area contributed by atoms with Crippen LogP contribution in [0.25, 0.3) is 0 Å². The van der Waals surface area contributed by atoms with Gasteiger partial charge in [-0.1, -0.05) is 6.92 Å². The van der Waals surface area contributed by atoms with E-state index in [9.17, 15) is 4.79 Å². The number of nitrogens with one attached hydrogen (secondary N) is 1. The number of piperidine rings is 1. The van der Waals surface area contributed by atoms with Crippen LogP contribution in [-0.4, -0.2) is 11.9 Å². The van der Waals surface area contributed by atoms with Gasteiger partial charge >= 0.3 is 0 Å².